The minimum Gasteiger partial charge on any atom is -0.456 e. The van der Waals surface area contributed by atoms with E-state index in [1.807, 2.05) is 6.07 Å². The molecule has 1 nitrogen and oxygen atoms in total. The molecule has 0 amide bonds. The van der Waals surface area contributed by atoms with Gasteiger partial charge >= 0.3 is 0 Å². The molecule has 9 aromatic carbocycles. The SMILES string of the molecule is CC=C1CC(C)C2(c3ccccc3-c3ccc(-c4ccc(-c5c6ccccc6c(-c6ccc7c(c6)oc6ccccc67)c6ccccc56)c5ccccc45)cc32)C(CC)C1. The van der Waals surface area contributed by atoms with Gasteiger partial charge in [-0.15, -0.1) is 0 Å². The molecule has 3 atom stereocenters. The first-order chi connectivity index (χ1) is 29.6. The van der Waals surface area contributed by atoms with Gasteiger partial charge < -0.3 is 4.42 Å². The maximum Gasteiger partial charge on any atom is 0.136 e. The zero-order valence-corrected chi connectivity index (χ0v) is 34.4. The molecule has 1 aromatic heterocycles. The Balaban J connectivity index is 1.06. The van der Waals surface area contributed by atoms with Gasteiger partial charge in [-0.05, 0) is 144 Å². The molecule has 2 aliphatic rings. The van der Waals surface area contributed by atoms with E-state index in [1.54, 1.807) is 5.57 Å². The van der Waals surface area contributed by atoms with Gasteiger partial charge in [0.1, 0.15) is 11.2 Å². The second-order valence-corrected chi connectivity index (χ2v) is 17.4. The van der Waals surface area contributed by atoms with Crippen LogP contribution in [0, 0.1) is 11.8 Å². The fourth-order valence-electron chi connectivity index (χ4n) is 12.1. The Hall–Kier alpha value is -6.70. The molecule has 3 unspecified atom stereocenters. The van der Waals surface area contributed by atoms with Gasteiger partial charge in [0, 0.05) is 16.2 Å². The van der Waals surface area contributed by atoms with Gasteiger partial charge in [0.25, 0.3) is 0 Å². The molecule has 0 N–H and O–H groups in total. The third kappa shape index (κ3) is 4.87. The summed E-state index contributed by atoms with van der Waals surface area (Å²) in [5, 5.41) is 9.85. The number of hydrogen-bond acceptors (Lipinski definition) is 1. The van der Waals surface area contributed by atoms with Crippen molar-refractivity contribution in [3.8, 4) is 44.5 Å². The fraction of sp³-hybridized carbons (Fsp3) is 0.153. The lowest BCUT2D eigenvalue weighted by Crippen LogP contribution is -2.44. The van der Waals surface area contributed by atoms with Crippen LogP contribution >= 0.6 is 0 Å². The van der Waals surface area contributed by atoms with Crippen LogP contribution in [0.4, 0.5) is 0 Å². The van der Waals surface area contributed by atoms with Gasteiger partial charge in [-0.1, -0.05) is 178 Å². The molecule has 0 bridgehead atoms. The van der Waals surface area contributed by atoms with Crippen LogP contribution in [0.25, 0.3) is 98.8 Å². The van der Waals surface area contributed by atoms with E-state index < -0.39 is 0 Å². The Morgan fingerprint density at radius 3 is 1.75 bits per heavy atom. The maximum absolute atomic E-state index is 6.42. The molecule has 12 rings (SSSR count). The normalized spacial score (nSPS) is 19.3. The molecular formula is C59H46O. The standard InChI is InChI=1S/C59H46O/c1-4-37-32-36(3)59(40(5-2)33-37)53-24-14-12-18-44(53)45-28-26-38(34-54(45)59)41-30-31-52(43-17-7-6-16-42(41)43)58-50-22-10-8-20-48(50)57(49-21-9-11-23-51(49)58)39-27-29-47-46-19-13-15-25-55(46)60-56(47)35-39/h4,6-31,34-36,40H,5,32-33H2,1-3H3. The van der Waals surface area contributed by atoms with E-state index >= 15 is 0 Å². The number of rotatable bonds is 4. The predicted octanol–water partition coefficient (Wildman–Crippen LogP) is 16.7. The molecule has 1 saturated carbocycles. The van der Waals surface area contributed by atoms with Gasteiger partial charge in [-0.25, -0.2) is 0 Å². The highest BCUT2D eigenvalue weighted by molar-refractivity contribution is 6.24. The monoisotopic (exact) mass is 770 g/mol. The van der Waals surface area contributed by atoms with Crippen LogP contribution in [0.5, 0.6) is 0 Å². The zero-order chi connectivity index (χ0) is 40.1. The third-order valence-electron chi connectivity index (χ3n) is 14.6. The van der Waals surface area contributed by atoms with Crippen LogP contribution in [0.1, 0.15) is 51.2 Å². The van der Waals surface area contributed by atoms with E-state index in [2.05, 4.69) is 191 Å². The molecule has 0 aliphatic heterocycles. The number of para-hydroxylation sites is 1. The van der Waals surface area contributed by atoms with Crippen molar-refractivity contribution >= 4 is 54.3 Å². The van der Waals surface area contributed by atoms with Gasteiger partial charge in [-0.2, -0.15) is 0 Å². The van der Waals surface area contributed by atoms with Gasteiger partial charge in [0.15, 0.2) is 0 Å². The first-order valence-electron chi connectivity index (χ1n) is 21.8. The van der Waals surface area contributed by atoms with E-state index in [4.69, 9.17) is 4.42 Å². The fourth-order valence-corrected chi connectivity index (χ4v) is 12.1. The molecule has 2 aliphatic carbocycles. The van der Waals surface area contributed by atoms with Crippen molar-refractivity contribution in [2.24, 2.45) is 11.8 Å². The van der Waals surface area contributed by atoms with Gasteiger partial charge in [0.2, 0.25) is 0 Å². The van der Waals surface area contributed by atoms with E-state index in [0.717, 1.165) is 40.3 Å². The largest absolute Gasteiger partial charge is 0.456 e. The quantitative estimate of drug-likeness (QED) is 0.128. The van der Waals surface area contributed by atoms with Gasteiger partial charge in [0.05, 0.1) is 0 Å². The smallest absolute Gasteiger partial charge is 0.136 e. The molecular weight excluding hydrogens is 725 g/mol. The highest BCUT2D eigenvalue weighted by Gasteiger charge is 2.53. The predicted molar refractivity (Wildman–Crippen MR) is 255 cm³/mol. The van der Waals surface area contributed by atoms with Crippen LogP contribution in [-0.4, -0.2) is 0 Å². The number of allylic oxidation sites excluding steroid dienone is 2. The highest BCUT2D eigenvalue weighted by Crippen LogP contribution is 2.62. The molecule has 1 heteroatoms. The Labute approximate surface area is 351 Å². The van der Waals surface area contributed by atoms with Crippen molar-refractivity contribution in [2.75, 3.05) is 0 Å². The number of benzene rings is 9. The topological polar surface area (TPSA) is 13.1 Å². The first-order valence-corrected chi connectivity index (χ1v) is 21.8. The van der Waals surface area contributed by atoms with Crippen molar-refractivity contribution in [2.45, 2.75) is 45.4 Å². The molecule has 1 spiro atoms. The zero-order valence-electron chi connectivity index (χ0n) is 34.4. The maximum atomic E-state index is 6.42. The molecule has 1 fully saturated rings. The summed E-state index contributed by atoms with van der Waals surface area (Å²) in [4.78, 5) is 0. The molecule has 1 heterocycles. The Morgan fingerprint density at radius 1 is 0.483 bits per heavy atom. The minimum absolute atomic E-state index is 0.00649. The lowest BCUT2D eigenvalue weighted by atomic mass is 9.54. The molecule has 0 radical (unpaired) electrons. The molecule has 0 saturated heterocycles. The van der Waals surface area contributed by atoms with Gasteiger partial charge in [-0.3, -0.25) is 0 Å². The summed E-state index contributed by atoms with van der Waals surface area (Å²) in [6.45, 7) is 7.16. The molecule has 288 valence electrons. The van der Waals surface area contributed by atoms with Crippen LogP contribution in [0.2, 0.25) is 0 Å². The van der Waals surface area contributed by atoms with E-state index in [-0.39, 0.29) is 5.41 Å². The lowest BCUT2D eigenvalue weighted by molar-refractivity contribution is 0.188. The second-order valence-electron chi connectivity index (χ2n) is 17.4. The average Bonchev–Trinajstić information content (AvgIpc) is 3.82. The van der Waals surface area contributed by atoms with Crippen LogP contribution < -0.4 is 0 Å². The van der Waals surface area contributed by atoms with E-state index in [1.165, 1.54) is 88.8 Å². The average molecular weight is 771 g/mol. The summed E-state index contributed by atoms with van der Waals surface area (Å²) < 4.78 is 6.42. The highest BCUT2D eigenvalue weighted by atomic mass is 16.3. The van der Waals surface area contributed by atoms with Crippen LogP contribution in [0.3, 0.4) is 0 Å². The molecule has 60 heavy (non-hydrogen) atoms. The van der Waals surface area contributed by atoms with Crippen molar-refractivity contribution < 1.29 is 4.42 Å². The lowest BCUT2D eigenvalue weighted by Gasteiger charge is -2.49. The summed E-state index contributed by atoms with van der Waals surface area (Å²) >= 11 is 0. The summed E-state index contributed by atoms with van der Waals surface area (Å²) in [5.74, 6) is 1.05. The van der Waals surface area contributed by atoms with Crippen LogP contribution in [0.15, 0.2) is 186 Å². The Bertz CT molecular complexity index is 3350. The number of fused-ring (bicyclic) bond motifs is 11. The van der Waals surface area contributed by atoms with E-state index in [9.17, 15) is 0 Å². The van der Waals surface area contributed by atoms with Crippen molar-refractivity contribution in [1.29, 1.82) is 0 Å². The Kier molecular flexibility index (Phi) is 7.88. The summed E-state index contributed by atoms with van der Waals surface area (Å²) in [7, 11) is 0. The number of hydrogen-bond donors (Lipinski definition) is 0. The van der Waals surface area contributed by atoms with Crippen molar-refractivity contribution in [3.05, 3.63) is 193 Å². The Morgan fingerprint density at radius 2 is 1.03 bits per heavy atom. The van der Waals surface area contributed by atoms with Crippen molar-refractivity contribution in [1.82, 2.24) is 0 Å². The minimum atomic E-state index is -0.00649. The first kappa shape index (κ1) is 35.3. The molecule has 10 aromatic rings. The summed E-state index contributed by atoms with van der Waals surface area (Å²) in [6.07, 6.45) is 5.87. The van der Waals surface area contributed by atoms with Crippen molar-refractivity contribution in [3.63, 3.8) is 0 Å². The summed E-state index contributed by atoms with van der Waals surface area (Å²) in [6, 6.07) is 63.7. The van der Waals surface area contributed by atoms with E-state index in [0.29, 0.717) is 11.8 Å². The van der Waals surface area contributed by atoms with Crippen LogP contribution in [-0.2, 0) is 5.41 Å². The summed E-state index contributed by atoms with van der Waals surface area (Å²) in [5.41, 5.74) is 16.9. The third-order valence-corrected chi connectivity index (χ3v) is 14.6. The second kappa shape index (κ2) is 13.4. The number of furan rings is 1.